The van der Waals surface area contributed by atoms with Gasteiger partial charge >= 0.3 is 0 Å². The standard InChI is InChI=1S/C23H20Cl2N2O3/c1-16-12-19(24)8-11-22(16)30-15-23(28)27-26-13-17-6-9-20(10-7-17)29-14-18-4-2-3-5-21(18)25/h2-13H,14-15H2,1H3,(H,27,28)/b26-13+. The Morgan fingerprint density at radius 1 is 1.03 bits per heavy atom. The van der Waals surface area contributed by atoms with E-state index in [0.29, 0.717) is 28.2 Å². The number of halogens is 2. The van der Waals surface area contributed by atoms with Crippen molar-refractivity contribution in [3.63, 3.8) is 0 Å². The highest BCUT2D eigenvalue weighted by molar-refractivity contribution is 6.31. The third-order valence-corrected chi connectivity index (χ3v) is 4.73. The van der Waals surface area contributed by atoms with E-state index in [-0.39, 0.29) is 12.5 Å². The Kier molecular flexibility index (Phi) is 7.71. The summed E-state index contributed by atoms with van der Waals surface area (Å²) in [7, 11) is 0. The first-order chi connectivity index (χ1) is 14.5. The summed E-state index contributed by atoms with van der Waals surface area (Å²) in [6.07, 6.45) is 1.54. The minimum absolute atomic E-state index is 0.144. The predicted octanol–water partition coefficient (Wildman–Crippen LogP) is 5.41. The molecule has 0 heterocycles. The minimum Gasteiger partial charge on any atom is -0.489 e. The first-order valence-corrected chi connectivity index (χ1v) is 9.94. The fourth-order valence-corrected chi connectivity index (χ4v) is 2.97. The van der Waals surface area contributed by atoms with E-state index < -0.39 is 0 Å². The summed E-state index contributed by atoms with van der Waals surface area (Å²) in [5.41, 5.74) is 5.02. The molecule has 0 aliphatic rings. The van der Waals surface area contributed by atoms with Gasteiger partial charge in [-0.2, -0.15) is 5.10 Å². The molecule has 0 radical (unpaired) electrons. The number of benzene rings is 3. The lowest BCUT2D eigenvalue weighted by molar-refractivity contribution is -0.123. The van der Waals surface area contributed by atoms with E-state index in [1.54, 1.807) is 24.4 Å². The normalized spacial score (nSPS) is 10.8. The molecule has 0 aliphatic carbocycles. The van der Waals surface area contributed by atoms with E-state index in [2.05, 4.69) is 10.5 Å². The number of hydrogen-bond donors (Lipinski definition) is 1. The van der Waals surface area contributed by atoms with Gasteiger partial charge < -0.3 is 9.47 Å². The van der Waals surface area contributed by atoms with Gasteiger partial charge in [-0.25, -0.2) is 5.43 Å². The van der Waals surface area contributed by atoms with Crippen molar-refractivity contribution in [1.29, 1.82) is 0 Å². The average Bonchev–Trinajstić information content (AvgIpc) is 2.73. The second kappa shape index (κ2) is 10.7. The Morgan fingerprint density at radius 3 is 2.53 bits per heavy atom. The zero-order chi connectivity index (χ0) is 21.3. The van der Waals surface area contributed by atoms with Crippen LogP contribution in [0.25, 0.3) is 0 Å². The summed E-state index contributed by atoms with van der Waals surface area (Å²) in [6, 6.07) is 20.1. The fraction of sp³-hybridized carbons (Fsp3) is 0.130. The van der Waals surface area contributed by atoms with E-state index in [4.69, 9.17) is 32.7 Å². The summed E-state index contributed by atoms with van der Waals surface area (Å²) in [4.78, 5) is 11.9. The van der Waals surface area contributed by atoms with Crippen LogP contribution in [-0.2, 0) is 11.4 Å². The molecule has 0 aromatic heterocycles. The Morgan fingerprint density at radius 2 is 1.80 bits per heavy atom. The van der Waals surface area contributed by atoms with Gasteiger partial charge in [-0.1, -0.05) is 41.4 Å². The number of carbonyl (C=O) groups is 1. The third-order valence-electron chi connectivity index (χ3n) is 4.13. The number of aryl methyl sites for hydroxylation is 1. The molecule has 154 valence electrons. The molecule has 0 saturated heterocycles. The van der Waals surface area contributed by atoms with E-state index >= 15 is 0 Å². The van der Waals surface area contributed by atoms with Crippen LogP contribution in [0.1, 0.15) is 16.7 Å². The molecule has 1 N–H and O–H groups in total. The second-order valence-corrected chi connectivity index (χ2v) is 7.28. The maximum absolute atomic E-state index is 11.9. The van der Waals surface area contributed by atoms with Crippen LogP contribution in [0, 0.1) is 6.92 Å². The number of carbonyl (C=O) groups excluding carboxylic acids is 1. The van der Waals surface area contributed by atoms with Crippen molar-refractivity contribution in [3.8, 4) is 11.5 Å². The summed E-state index contributed by atoms with van der Waals surface area (Å²) < 4.78 is 11.2. The summed E-state index contributed by atoms with van der Waals surface area (Å²) >= 11 is 12.0. The van der Waals surface area contributed by atoms with Crippen molar-refractivity contribution in [2.75, 3.05) is 6.61 Å². The van der Waals surface area contributed by atoms with E-state index in [1.807, 2.05) is 55.5 Å². The molecule has 5 nitrogen and oxygen atoms in total. The molecule has 0 atom stereocenters. The van der Waals surface area contributed by atoms with Crippen molar-refractivity contribution in [2.45, 2.75) is 13.5 Å². The van der Waals surface area contributed by atoms with Gasteiger partial charge in [-0.05, 0) is 66.6 Å². The third kappa shape index (κ3) is 6.51. The highest BCUT2D eigenvalue weighted by Gasteiger charge is 2.05. The molecule has 0 saturated carbocycles. The highest BCUT2D eigenvalue weighted by atomic mass is 35.5. The van der Waals surface area contributed by atoms with Crippen molar-refractivity contribution in [2.24, 2.45) is 5.10 Å². The zero-order valence-electron chi connectivity index (χ0n) is 16.3. The summed E-state index contributed by atoms with van der Waals surface area (Å²) in [5, 5.41) is 5.23. The minimum atomic E-state index is -0.361. The van der Waals surface area contributed by atoms with Crippen LogP contribution in [0.4, 0.5) is 0 Å². The lowest BCUT2D eigenvalue weighted by atomic mass is 10.2. The van der Waals surface area contributed by atoms with Gasteiger partial charge in [0.05, 0.1) is 6.21 Å². The smallest absolute Gasteiger partial charge is 0.277 e. The first-order valence-electron chi connectivity index (χ1n) is 9.18. The first kappa shape index (κ1) is 21.7. The van der Waals surface area contributed by atoms with Gasteiger partial charge in [-0.3, -0.25) is 4.79 Å². The van der Waals surface area contributed by atoms with Crippen LogP contribution in [0.3, 0.4) is 0 Å². The molecule has 0 fully saturated rings. The van der Waals surface area contributed by atoms with Crippen LogP contribution >= 0.6 is 23.2 Å². The number of nitrogens with zero attached hydrogens (tertiary/aromatic N) is 1. The van der Waals surface area contributed by atoms with Gasteiger partial charge in [0.25, 0.3) is 5.91 Å². The lowest BCUT2D eigenvalue weighted by Crippen LogP contribution is -2.24. The second-order valence-electron chi connectivity index (χ2n) is 6.44. The predicted molar refractivity (Wildman–Crippen MR) is 120 cm³/mol. The molecule has 3 rings (SSSR count). The van der Waals surface area contributed by atoms with Gasteiger partial charge in [-0.15, -0.1) is 0 Å². The lowest BCUT2D eigenvalue weighted by Gasteiger charge is -2.08. The van der Waals surface area contributed by atoms with E-state index in [1.165, 1.54) is 0 Å². The fourth-order valence-electron chi connectivity index (χ4n) is 2.56. The largest absolute Gasteiger partial charge is 0.489 e. The molecule has 7 heteroatoms. The summed E-state index contributed by atoms with van der Waals surface area (Å²) in [6.45, 7) is 2.10. The number of nitrogens with one attached hydrogen (secondary N) is 1. The monoisotopic (exact) mass is 442 g/mol. The number of amides is 1. The van der Waals surface area contributed by atoms with Crippen LogP contribution in [0.5, 0.6) is 11.5 Å². The Hall–Kier alpha value is -3.02. The van der Waals surface area contributed by atoms with Crippen LogP contribution in [0.15, 0.2) is 71.8 Å². The molecular formula is C23H20Cl2N2O3. The van der Waals surface area contributed by atoms with E-state index in [9.17, 15) is 4.79 Å². The molecule has 3 aromatic carbocycles. The molecular weight excluding hydrogens is 423 g/mol. The Bertz CT molecular complexity index is 1040. The van der Waals surface area contributed by atoms with Gasteiger partial charge in [0.2, 0.25) is 0 Å². The topological polar surface area (TPSA) is 59.9 Å². The number of hydrazone groups is 1. The van der Waals surface area contributed by atoms with Crippen molar-refractivity contribution < 1.29 is 14.3 Å². The van der Waals surface area contributed by atoms with Crippen LogP contribution in [-0.4, -0.2) is 18.7 Å². The van der Waals surface area contributed by atoms with E-state index in [0.717, 1.165) is 16.7 Å². The average molecular weight is 443 g/mol. The molecule has 3 aromatic rings. The van der Waals surface area contributed by atoms with Crippen molar-refractivity contribution in [1.82, 2.24) is 5.43 Å². The quantitative estimate of drug-likeness (QED) is 0.374. The Labute approximate surface area is 185 Å². The van der Waals surface area contributed by atoms with Gasteiger partial charge in [0.15, 0.2) is 6.61 Å². The molecule has 0 bridgehead atoms. The molecule has 0 unspecified atom stereocenters. The molecule has 30 heavy (non-hydrogen) atoms. The van der Waals surface area contributed by atoms with Crippen LogP contribution < -0.4 is 14.9 Å². The maximum atomic E-state index is 11.9. The van der Waals surface area contributed by atoms with Crippen molar-refractivity contribution >= 4 is 35.3 Å². The molecule has 0 spiro atoms. The van der Waals surface area contributed by atoms with Gasteiger partial charge in [0.1, 0.15) is 18.1 Å². The number of hydrogen-bond acceptors (Lipinski definition) is 4. The van der Waals surface area contributed by atoms with Crippen molar-refractivity contribution in [3.05, 3.63) is 93.5 Å². The molecule has 0 aliphatic heterocycles. The maximum Gasteiger partial charge on any atom is 0.277 e. The van der Waals surface area contributed by atoms with Crippen LogP contribution in [0.2, 0.25) is 10.0 Å². The Balaban J connectivity index is 1.44. The van der Waals surface area contributed by atoms with Gasteiger partial charge in [0, 0.05) is 15.6 Å². The zero-order valence-corrected chi connectivity index (χ0v) is 17.8. The SMILES string of the molecule is Cc1cc(Cl)ccc1OCC(=O)N/N=C/c1ccc(OCc2ccccc2Cl)cc1. The molecule has 1 amide bonds. The summed E-state index contributed by atoms with van der Waals surface area (Å²) in [5.74, 6) is 0.953. The number of rotatable bonds is 8. The number of ether oxygens (including phenoxy) is 2. The highest BCUT2D eigenvalue weighted by Crippen LogP contribution is 2.21.